The van der Waals surface area contributed by atoms with Crippen LogP contribution in [0.1, 0.15) is 11.1 Å². The van der Waals surface area contributed by atoms with Crippen LogP contribution in [0.15, 0.2) is 42.5 Å². The van der Waals surface area contributed by atoms with Gasteiger partial charge in [-0.25, -0.2) is 0 Å². The highest BCUT2D eigenvalue weighted by atomic mass is 35.5. The van der Waals surface area contributed by atoms with Crippen molar-refractivity contribution < 1.29 is 4.79 Å². The molecule has 0 fully saturated rings. The summed E-state index contributed by atoms with van der Waals surface area (Å²) in [5.41, 5.74) is 2.63. The summed E-state index contributed by atoms with van der Waals surface area (Å²) in [6, 6.07) is 12.8. The predicted molar refractivity (Wildman–Crippen MR) is 80.0 cm³/mol. The number of anilines is 1. The zero-order valence-corrected chi connectivity index (χ0v) is 11.9. The smallest absolute Gasteiger partial charge is 0.228 e. The third-order valence-corrected chi connectivity index (χ3v) is 3.21. The third-order valence-electron chi connectivity index (χ3n) is 2.65. The van der Waals surface area contributed by atoms with Gasteiger partial charge in [-0.05, 0) is 30.7 Å². The van der Waals surface area contributed by atoms with Crippen molar-refractivity contribution in [1.29, 1.82) is 0 Å². The van der Waals surface area contributed by atoms with Crippen LogP contribution in [0.2, 0.25) is 10.0 Å². The first-order chi connectivity index (χ1) is 9.04. The van der Waals surface area contributed by atoms with Crippen molar-refractivity contribution in [2.45, 2.75) is 13.3 Å². The number of rotatable bonds is 3. The molecule has 19 heavy (non-hydrogen) atoms. The molecular formula is C15H13Cl2NO. The minimum atomic E-state index is -0.116. The Kier molecular flexibility index (Phi) is 4.46. The SMILES string of the molecule is Cc1cccc(CC(=O)Nc2cc(Cl)ccc2Cl)c1. The summed E-state index contributed by atoms with van der Waals surface area (Å²) >= 11 is 11.9. The van der Waals surface area contributed by atoms with Crippen molar-refractivity contribution in [3.8, 4) is 0 Å². The molecule has 2 aromatic carbocycles. The average molecular weight is 294 g/mol. The van der Waals surface area contributed by atoms with Gasteiger partial charge < -0.3 is 5.32 Å². The van der Waals surface area contributed by atoms with E-state index in [1.54, 1.807) is 18.2 Å². The predicted octanol–water partition coefficient (Wildman–Crippen LogP) is 4.48. The van der Waals surface area contributed by atoms with Crippen LogP contribution in [0.3, 0.4) is 0 Å². The van der Waals surface area contributed by atoms with Crippen molar-refractivity contribution >= 4 is 34.8 Å². The van der Waals surface area contributed by atoms with Gasteiger partial charge in [0, 0.05) is 5.02 Å². The van der Waals surface area contributed by atoms with Crippen molar-refractivity contribution in [1.82, 2.24) is 0 Å². The Hall–Kier alpha value is -1.51. The standard InChI is InChI=1S/C15H13Cl2NO/c1-10-3-2-4-11(7-10)8-15(19)18-14-9-12(16)5-6-13(14)17/h2-7,9H,8H2,1H3,(H,18,19). The summed E-state index contributed by atoms with van der Waals surface area (Å²) in [5.74, 6) is -0.116. The quantitative estimate of drug-likeness (QED) is 0.888. The molecular weight excluding hydrogens is 281 g/mol. The van der Waals surface area contributed by atoms with Crippen LogP contribution in [0, 0.1) is 6.92 Å². The van der Waals surface area contributed by atoms with E-state index in [0.717, 1.165) is 11.1 Å². The Morgan fingerprint density at radius 3 is 2.68 bits per heavy atom. The van der Waals surface area contributed by atoms with Crippen molar-refractivity contribution in [3.05, 3.63) is 63.6 Å². The fourth-order valence-electron chi connectivity index (χ4n) is 1.80. The van der Waals surface area contributed by atoms with E-state index in [0.29, 0.717) is 22.2 Å². The fraction of sp³-hybridized carbons (Fsp3) is 0.133. The van der Waals surface area contributed by atoms with E-state index in [1.165, 1.54) is 0 Å². The zero-order valence-electron chi connectivity index (χ0n) is 10.4. The third kappa shape index (κ3) is 3.98. The van der Waals surface area contributed by atoms with Crippen LogP contribution in [0.4, 0.5) is 5.69 Å². The van der Waals surface area contributed by atoms with Crippen LogP contribution in [0.25, 0.3) is 0 Å². The van der Waals surface area contributed by atoms with Gasteiger partial charge in [-0.15, -0.1) is 0 Å². The van der Waals surface area contributed by atoms with Crippen LogP contribution >= 0.6 is 23.2 Å². The summed E-state index contributed by atoms with van der Waals surface area (Å²) < 4.78 is 0. The van der Waals surface area contributed by atoms with Crippen LogP contribution in [-0.4, -0.2) is 5.91 Å². The molecule has 0 heterocycles. The summed E-state index contributed by atoms with van der Waals surface area (Å²) in [6.07, 6.45) is 0.310. The topological polar surface area (TPSA) is 29.1 Å². The summed E-state index contributed by atoms with van der Waals surface area (Å²) in [6.45, 7) is 2.00. The molecule has 0 spiro atoms. The number of nitrogens with one attached hydrogen (secondary N) is 1. The van der Waals surface area contributed by atoms with Gasteiger partial charge in [0.25, 0.3) is 0 Å². The Morgan fingerprint density at radius 1 is 1.16 bits per heavy atom. The lowest BCUT2D eigenvalue weighted by atomic mass is 10.1. The van der Waals surface area contributed by atoms with Gasteiger partial charge in [0.05, 0.1) is 17.1 Å². The summed E-state index contributed by atoms with van der Waals surface area (Å²) in [7, 11) is 0. The lowest BCUT2D eigenvalue weighted by Crippen LogP contribution is -2.14. The van der Waals surface area contributed by atoms with Crippen LogP contribution in [-0.2, 0) is 11.2 Å². The molecule has 0 aliphatic heterocycles. The Labute approximate surface area is 122 Å². The summed E-state index contributed by atoms with van der Waals surface area (Å²) in [5, 5.41) is 3.77. The van der Waals surface area contributed by atoms with E-state index in [1.807, 2.05) is 31.2 Å². The number of hydrogen-bond donors (Lipinski definition) is 1. The van der Waals surface area contributed by atoms with Gasteiger partial charge in [-0.1, -0.05) is 53.0 Å². The number of amides is 1. The molecule has 2 rings (SSSR count). The fourth-order valence-corrected chi connectivity index (χ4v) is 2.13. The number of carbonyl (C=O) groups excluding carboxylic acids is 1. The maximum absolute atomic E-state index is 11.9. The number of aryl methyl sites for hydroxylation is 1. The van der Waals surface area contributed by atoms with Gasteiger partial charge in [-0.3, -0.25) is 4.79 Å². The molecule has 0 atom stereocenters. The second kappa shape index (κ2) is 6.09. The lowest BCUT2D eigenvalue weighted by Gasteiger charge is -2.08. The van der Waals surface area contributed by atoms with E-state index in [9.17, 15) is 4.79 Å². The first-order valence-electron chi connectivity index (χ1n) is 5.85. The van der Waals surface area contributed by atoms with E-state index >= 15 is 0 Å². The van der Waals surface area contributed by atoms with E-state index in [2.05, 4.69) is 5.32 Å². The number of carbonyl (C=O) groups is 1. The zero-order chi connectivity index (χ0) is 13.8. The normalized spacial score (nSPS) is 10.3. The maximum Gasteiger partial charge on any atom is 0.228 e. The molecule has 0 saturated carbocycles. The minimum Gasteiger partial charge on any atom is -0.324 e. The lowest BCUT2D eigenvalue weighted by molar-refractivity contribution is -0.115. The molecule has 1 N–H and O–H groups in total. The largest absolute Gasteiger partial charge is 0.324 e. The highest BCUT2D eigenvalue weighted by molar-refractivity contribution is 6.35. The van der Waals surface area contributed by atoms with E-state index < -0.39 is 0 Å². The second-order valence-corrected chi connectivity index (χ2v) is 5.18. The highest BCUT2D eigenvalue weighted by Gasteiger charge is 2.07. The molecule has 0 saturated heterocycles. The van der Waals surface area contributed by atoms with Gasteiger partial charge in [-0.2, -0.15) is 0 Å². The molecule has 0 aliphatic rings. The maximum atomic E-state index is 11.9. The van der Waals surface area contributed by atoms with Crippen molar-refractivity contribution in [3.63, 3.8) is 0 Å². The molecule has 0 radical (unpaired) electrons. The first kappa shape index (κ1) is 13.9. The molecule has 1 amide bonds. The monoisotopic (exact) mass is 293 g/mol. The number of hydrogen-bond acceptors (Lipinski definition) is 1. The minimum absolute atomic E-state index is 0.116. The first-order valence-corrected chi connectivity index (χ1v) is 6.60. The Morgan fingerprint density at radius 2 is 1.95 bits per heavy atom. The molecule has 0 aliphatic carbocycles. The average Bonchev–Trinajstić information content (AvgIpc) is 2.34. The van der Waals surface area contributed by atoms with Crippen molar-refractivity contribution in [2.75, 3.05) is 5.32 Å². The van der Waals surface area contributed by atoms with Gasteiger partial charge in [0.2, 0.25) is 5.91 Å². The van der Waals surface area contributed by atoms with Crippen LogP contribution < -0.4 is 5.32 Å². The molecule has 0 aromatic heterocycles. The molecule has 2 aromatic rings. The number of halogens is 2. The van der Waals surface area contributed by atoms with Gasteiger partial charge in [0.15, 0.2) is 0 Å². The highest BCUT2D eigenvalue weighted by Crippen LogP contribution is 2.25. The van der Waals surface area contributed by atoms with Crippen molar-refractivity contribution in [2.24, 2.45) is 0 Å². The molecule has 0 bridgehead atoms. The Balaban J connectivity index is 2.07. The molecule has 0 unspecified atom stereocenters. The van der Waals surface area contributed by atoms with Crippen LogP contribution in [0.5, 0.6) is 0 Å². The second-order valence-electron chi connectivity index (χ2n) is 4.34. The van der Waals surface area contributed by atoms with Gasteiger partial charge >= 0.3 is 0 Å². The van der Waals surface area contributed by atoms with Gasteiger partial charge in [0.1, 0.15) is 0 Å². The molecule has 4 heteroatoms. The number of benzene rings is 2. The van der Waals surface area contributed by atoms with E-state index in [-0.39, 0.29) is 5.91 Å². The molecule has 2 nitrogen and oxygen atoms in total. The Bertz CT molecular complexity index is 611. The summed E-state index contributed by atoms with van der Waals surface area (Å²) in [4.78, 5) is 11.9. The van der Waals surface area contributed by atoms with E-state index in [4.69, 9.17) is 23.2 Å². The molecule has 98 valence electrons.